The smallest absolute Gasteiger partial charge is 0.349 e. The Morgan fingerprint density at radius 2 is 1.91 bits per heavy atom. The summed E-state index contributed by atoms with van der Waals surface area (Å²) in [6, 6.07) is 8.06. The summed E-state index contributed by atoms with van der Waals surface area (Å²) >= 11 is 6.80. The summed E-state index contributed by atoms with van der Waals surface area (Å²) in [5.74, 6) is -0.251. The second-order valence-electron chi connectivity index (χ2n) is 7.50. The van der Waals surface area contributed by atoms with Crippen molar-refractivity contribution in [2.45, 2.75) is 35.8 Å². The third-order valence-corrected chi connectivity index (χ3v) is 8.85. The van der Waals surface area contributed by atoms with Crippen molar-refractivity contribution in [1.82, 2.24) is 19.6 Å². The van der Waals surface area contributed by atoms with Crippen LogP contribution in [0.15, 0.2) is 52.9 Å². The number of aromatic nitrogens is 2. The number of halogens is 4. The molecule has 0 unspecified atom stereocenters. The maximum absolute atomic E-state index is 12.9. The summed E-state index contributed by atoms with van der Waals surface area (Å²) in [4.78, 5) is 21.2. The van der Waals surface area contributed by atoms with Crippen LogP contribution in [0.4, 0.5) is 13.2 Å². The molecule has 0 spiro atoms. The molecular weight excluding hydrogens is 513 g/mol. The third kappa shape index (κ3) is 5.24. The zero-order valence-corrected chi connectivity index (χ0v) is 19.8. The highest BCUT2D eigenvalue weighted by Gasteiger charge is 2.40. The summed E-state index contributed by atoms with van der Waals surface area (Å²) in [5, 5.41) is 2.70. The molecular formula is C21H18ClF3N4O3S2. The van der Waals surface area contributed by atoms with Crippen LogP contribution in [0.2, 0.25) is 4.34 Å². The maximum atomic E-state index is 12.9. The second kappa shape index (κ2) is 9.61. The van der Waals surface area contributed by atoms with E-state index in [4.69, 9.17) is 11.6 Å². The number of carbonyl (C=O) groups excluding carboxylic acids is 1. The number of carbonyl (C=O) groups is 1. The first kappa shape index (κ1) is 24.6. The SMILES string of the molecule is O=C(NCc1ccnc(-c2ccc(C(F)(F)F)cc2)n1)[C@@H]1CCCN1S(=O)(=O)c1ccc(Cl)s1. The highest BCUT2D eigenvalue weighted by molar-refractivity contribution is 7.91. The van der Waals surface area contributed by atoms with Crippen molar-refractivity contribution >= 4 is 38.9 Å². The molecule has 2 aromatic heterocycles. The van der Waals surface area contributed by atoms with Gasteiger partial charge in [-0.15, -0.1) is 11.3 Å². The van der Waals surface area contributed by atoms with Gasteiger partial charge in [-0.2, -0.15) is 17.5 Å². The first-order valence-corrected chi connectivity index (χ1v) is 12.7. The van der Waals surface area contributed by atoms with Crippen LogP contribution < -0.4 is 5.32 Å². The normalized spacial score (nSPS) is 17.1. The van der Waals surface area contributed by atoms with Gasteiger partial charge in [0.25, 0.3) is 10.0 Å². The van der Waals surface area contributed by atoms with Crippen LogP contribution in [0.25, 0.3) is 11.4 Å². The molecule has 0 saturated carbocycles. The van der Waals surface area contributed by atoms with E-state index < -0.39 is 33.7 Å². The number of benzene rings is 1. The molecule has 34 heavy (non-hydrogen) atoms. The van der Waals surface area contributed by atoms with E-state index in [1.807, 2.05) is 0 Å². The number of amides is 1. The molecule has 1 fully saturated rings. The van der Waals surface area contributed by atoms with Gasteiger partial charge in [-0.05, 0) is 43.2 Å². The molecule has 0 bridgehead atoms. The molecule has 0 aliphatic carbocycles. The molecule has 4 rings (SSSR count). The van der Waals surface area contributed by atoms with Crippen LogP contribution in [0, 0.1) is 0 Å². The van der Waals surface area contributed by atoms with Crippen molar-refractivity contribution in [2.24, 2.45) is 0 Å². The van der Waals surface area contributed by atoms with E-state index in [-0.39, 0.29) is 23.1 Å². The summed E-state index contributed by atoms with van der Waals surface area (Å²) in [6.45, 7) is 0.228. The minimum atomic E-state index is -4.44. The minimum absolute atomic E-state index is 0.00417. The Hall–Kier alpha value is -2.54. The maximum Gasteiger partial charge on any atom is 0.416 e. The van der Waals surface area contributed by atoms with Gasteiger partial charge in [-0.3, -0.25) is 4.79 Å². The van der Waals surface area contributed by atoms with E-state index in [1.165, 1.54) is 34.8 Å². The fourth-order valence-corrected chi connectivity index (χ4v) is 6.85. The first-order valence-electron chi connectivity index (χ1n) is 10.1. The first-order chi connectivity index (χ1) is 16.1. The fraction of sp³-hybridized carbons (Fsp3) is 0.286. The Balaban J connectivity index is 1.44. The summed E-state index contributed by atoms with van der Waals surface area (Å²) in [5.41, 5.74) is 0.0418. The van der Waals surface area contributed by atoms with Gasteiger partial charge in [0, 0.05) is 18.3 Å². The number of hydrogen-bond donors (Lipinski definition) is 1. The predicted octanol–water partition coefficient (Wildman–Crippen LogP) is 4.35. The van der Waals surface area contributed by atoms with Crippen molar-refractivity contribution in [3.05, 3.63) is 64.3 Å². The summed E-state index contributed by atoms with van der Waals surface area (Å²) < 4.78 is 65.8. The van der Waals surface area contributed by atoms with E-state index in [0.717, 1.165) is 23.5 Å². The third-order valence-electron chi connectivity index (χ3n) is 5.25. The highest BCUT2D eigenvalue weighted by atomic mass is 35.5. The molecule has 1 aromatic carbocycles. The van der Waals surface area contributed by atoms with Crippen LogP contribution in [0.1, 0.15) is 24.1 Å². The van der Waals surface area contributed by atoms with Gasteiger partial charge in [0.05, 0.1) is 22.1 Å². The van der Waals surface area contributed by atoms with Gasteiger partial charge in [0.15, 0.2) is 5.82 Å². The Morgan fingerprint density at radius 3 is 2.56 bits per heavy atom. The lowest BCUT2D eigenvalue weighted by Gasteiger charge is -2.22. The Kier molecular flexibility index (Phi) is 6.94. The molecule has 1 amide bonds. The molecule has 3 aromatic rings. The number of nitrogens with one attached hydrogen (secondary N) is 1. The lowest BCUT2D eigenvalue weighted by Crippen LogP contribution is -2.45. The van der Waals surface area contributed by atoms with E-state index in [1.54, 1.807) is 6.07 Å². The lowest BCUT2D eigenvalue weighted by molar-refractivity contribution is -0.137. The van der Waals surface area contributed by atoms with Gasteiger partial charge in [-0.1, -0.05) is 23.7 Å². The molecule has 13 heteroatoms. The predicted molar refractivity (Wildman–Crippen MR) is 121 cm³/mol. The molecule has 0 radical (unpaired) electrons. The molecule has 1 saturated heterocycles. The molecule has 3 heterocycles. The molecule has 7 nitrogen and oxygen atoms in total. The van der Waals surface area contributed by atoms with Crippen LogP contribution in [0.5, 0.6) is 0 Å². The quantitative estimate of drug-likeness (QED) is 0.511. The van der Waals surface area contributed by atoms with Gasteiger partial charge < -0.3 is 5.32 Å². The Bertz CT molecular complexity index is 1300. The van der Waals surface area contributed by atoms with Gasteiger partial charge in [-0.25, -0.2) is 18.4 Å². The molecule has 180 valence electrons. The van der Waals surface area contributed by atoms with Crippen molar-refractivity contribution in [1.29, 1.82) is 0 Å². The lowest BCUT2D eigenvalue weighted by atomic mass is 10.1. The average Bonchev–Trinajstić information content (AvgIpc) is 3.47. The van der Waals surface area contributed by atoms with Crippen molar-refractivity contribution < 1.29 is 26.4 Å². The summed E-state index contributed by atoms with van der Waals surface area (Å²) in [7, 11) is -3.85. The molecule has 1 N–H and O–H groups in total. The van der Waals surface area contributed by atoms with E-state index in [0.29, 0.717) is 28.4 Å². The second-order valence-corrected chi connectivity index (χ2v) is 11.3. The Labute approximate surface area is 202 Å². The zero-order chi connectivity index (χ0) is 24.5. The number of rotatable bonds is 6. The molecule has 1 aliphatic rings. The van der Waals surface area contributed by atoms with Gasteiger partial charge in [0.2, 0.25) is 5.91 Å². The van der Waals surface area contributed by atoms with Crippen LogP contribution in [0.3, 0.4) is 0 Å². The molecule has 1 atom stereocenters. The summed E-state index contributed by atoms with van der Waals surface area (Å²) in [6.07, 6.45) is -2.08. The van der Waals surface area contributed by atoms with E-state index >= 15 is 0 Å². The average molecular weight is 531 g/mol. The number of hydrogen-bond acceptors (Lipinski definition) is 6. The van der Waals surface area contributed by atoms with Crippen LogP contribution in [-0.2, 0) is 27.5 Å². The van der Waals surface area contributed by atoms with E-state index in [9.17, 15) is 26.4 Å². The number of nitrogens with zero attached hydrogens (tertiary/aromatic N) is 3. The standard InChI is InChI=1S/C21H18ClF3N4O3S2/c22-17-7-8-18(33-17)34(31,32)29-11-1-2-16(29)20(30)27-12-15-9-10-26-19(28-15)13-3-5-14(6-4-13)21(23,24)25/h3-10,16H,1-2,11-12H2,(H,27,30)/t16-/m0/s1. The number of thiophene rings is 1. The number of sulfonamides is 1. The number of alkyl halides is 3. The van der Waals surface area contributed by atoms with Gasteiger partial charge >= 0.3 is 6.18 Å². The Morgan fingerprint density at radius 1 is 1.18 bits per heavy atom. The monoisotopic (exact) mass is 530 g/mol. The van der Waals surface area contributed by atoms with Crippen molar-refractivity contribution in [3.63, 3.8) is 0 Å². The van der Waals surface area contributed by atoms with Gasteiger partial charge in [0.1, 0.15) is 10.3 Å². The van der Waals surface area contributed by atoms with Crippen LogP contribution in [-0.4, -0.2) is 41.2 Å². The fourth-order valence-electron chi connectivity index (χ4n) is 3.58. The van der Waals surface area contributed by atoms with Crippen molar-refractivity contribution in [2.75, 3.05) is 6.54 Å². The zero-order valence-electron chi connectivity index (χ0n) is 17.4. The topological polar surface area (TPSA) is 92.3 Å². The molecule has 1 aliphatic heterocycles. The van der Waals surface area contributed by atoms with Crippen molar-refractivity contribution in [3.8, 4) is 11.4 Å². The minimum Gasteiger partial charge on any atom is -0.349 e. The van der Waals surface area contributed by atoms with E-state index in [2.05, 4.69) is 15.3 Å². The van der Waals surface area contributed by atoms with Crippen LogP contribution >= 0.6 is 22.9 Å². The highest BCUT2D eigenvalue weighted by Crippen LogP contribution is 2.32. The largest absolute Gasteiger partial charge is 0.416 e.